The average Bonchev–Trinajstić information content (AvgIpc) is 3.25. The molecule has 1 aliphatic rings. The van der Waals surface area contributed by atoms with Crippen LogP contribution in [0.15, 0.2) is 18.2 Å². The van der Waals surface area contributed by atoms with E-state index >= 15 is 0 Å². The van der Waals surface area contributed by atoms with E-state index in [9.17, 15) is 4.39 Å². The van der Waals surface area contributed by atoms with Crippen LogP contribution < -0.4 is 5.32 Å². The minimum atomic E-state index is -0.0852. The quantitative estimate of drug-likeness (QED) is 0.780. The lowest BCUT2D eigenvalue weighted by Crippen LogP contribution is -2.30. The molecule has 0 heterocycles. The van der Waals surface area contributed by atoms with Crippen LogP contribution in [-0.2, 0) is 13.1 Å². The lowest BCUT2D eigenvalue weighted by Gasteiger charge is -2.26. The molecule has 1 aliphatic carbocycles. The molecule has 0 spiro atoms. The Labute approximate surface area is 122 Å². The van der Waals surface area contributed by atoms with Gasteiger partial charge in [-0.15, -0.1) is 0 Å². The number of hydrogen-bond donors (Lipinski definition) is 1. The van der Waals surface area contributed by atoms with Crippen LogP contribution in [0.2, 0.25) is 0 Å². The lowest BCUT2D eigenvalue weighted by atomic mass is 10.1. The van der Waals surface area contributed by atoms with Gasteiger partial charge in [-0.3, -0.25) is 4.90 Å². The molecule has 0 unspecified atom stereocenters. The fourth-order valence-corrected chi connectivity index (χ4v) is 2.72. The van der Waals surface area contributed by atoms with E-state index in [0.29, 0.717) is 18.6 Å². The highest BCUT2D eigenvalue weighted by Gasteiger charge is 2.20. The summed E-state index contributed by atoms with van der Waals surface area (Å²) in [6, 6.07) is 6.74. The van der Waals surface area contributed by atoms with Crippen LogP contribution in [0.3, 0.4) is 0 Å². The van der Waals surface area contributed by atoms with Gasteiger partial charge in [-0.05, 0) is 44.4 Å². The molecule has 1 saturated carbocycles. The molecule has 0 aromatic heterocycles. The van der Waals surface area contributed by atoms with E-state index in [0.717, 1.165) is 24.9 Å². The zero-order valence-electron chi connectivity index (χ0n) is 13.0. The molecule has 0 atom stereocenters. The first kappa shape index (κ1) is 15.5. The topological polar surface area (TPSA) is 15.3 Å². The van der Waals surface area contributed by atoms with Gasteiger partial charge in [0.15, 0.2) is 0 Å². The minimum absolute atomic E-state index is 0.0852. The Hall–Kier alpha value is -0.930. The second-order valence-corrected chi connectivity index (χ2v) is 5.97. The Morgan fingerprint density at radius 1 is 1.30 bits per heavy atom. The maximum absolute atomic E-state index is 14.0. The summed E-state index contributed by atoms with van der Waals surface area (Å²) in [5, 5.41) is 3.48. The fourth-order valence-electron chi connectivity index (χ4n) is 2.72. The molecule has 2 nitrogen and oxygen atoms in total. The van der Waals surface area contributed by atoms with Crippen molar-refractivity contribution >= 4 is 0 Å². The summed E-state index contributed by atoms with van der Waals surface area (Å²) in [4.78, 5) is 2.26. The standard InChI is InChI=1S/C17H27FN2/c1-4-16(5-2)20(3)12-14-10-13(6-9-17(14)18)11-19-15-7-8-15/h6,9-10,15-16,19H,4-5,7-8,11-12H2,1-3H3. The van der Waals surface area contributed by atoms with Crippen molar-refractivity contribution < 1.29 is 4.39 Å². The molecular weight excluding hydrogens is 251 g/mol. The van der Waals surface area contributed by atoms with Crippen molar-refractivity contribution in [3.8, 4) is 0 Å². The highest BCUT2D eigenvalue weighted by molar-refractivity contribution is 5.25. The van der Waals surface area contributed by atoms with Crippen LogP contribution in [0.4, 0.5) is 4.39 Å². The molecule has 3 heteroatoms. The Kier molecular flexibility index (Phi) is 5.55. The van der Waals surface area contributed by atoms with Gasteiger partial charge in [0.1, 0.15) is 5.82 Å². The molecule has 1 aromatic rings. The Morgan fingerprint density at radius 3 is 2.60 bits per heavy atom. The molecule has 112 valence electrons. The molecule has 2 rings (SSSR count). The SMILES string of the molecule is CCC(CC)N(C)Cc1cc(CNC2CC2)ccc1F. The van der Waals surface area contributed by atoms with Crippen LogP contribution in [0, 0.1) is 5.82 Å². The van der Waals surface area contributed by atoms with Gasteiger partial charge >= 0.3 is 0 Å². The van der Waals surface area contributed by atoms with E-state index in [2.05, 4.69) is 31.1 Å². The Morgan fingerprint density at radius 2 is 2.00 bits per heavy atom. The molecule has 0 aliphatic heterocycles. The van der Waals surface area contributed by atoms with E-state index < -0.39 is 0 Å². The fraction of sp³-hybridized carbons (Fsp3) is 0.647. The maximum atomic E-state index is 14.0. The number of nitrogens with zero attached hydrogens (tertiary/aromatic N) is 1. The number of halogens is 1. The summed E-state index contributed by atoms with van der Waals surface area (Å²) < 4.78 is 14.0. The molecular formula is C17H27FN2. The van der Waals surface area contributed by atoms with Crippen molar-refractivity contribution in [1.29, 1.82) is 0 Å². The summed E-state index contributed by atoms with van der Waals surface area (Å²) in [5.41, 5.74) is 2.00. The first-order valence-corrected chi connectivity index (χ1v) is 7.85. The summed E-state index contributed by atoms with van der Waals surface area (Å²) in [6.45, 7) is 5.93. The third-order valence-corrected chi connectivity index (χ3v) is 4.27. The molecule has 0 saturated heterocycles. The van der Waals surface area contributed by atoms with Gasteiger partial charge in [-0.1, -0.05) is 26.0 Å². The summed E-state index contributed by atoms with van der Waals surface area (Å²) in [5.74, 6) is -0.0852. The third kappa shape index (κ3) is 4.29. The van der Waals surface area contributed by atoms with E-state index in [-0.39, 0.29) is 5.82 Å². The van der Waals surface area contributed by atoms with Gasteiger partial charge in [0, 0.05) is 30.7 Å². The van der Waals surface area contributed by atoms with Crippen LogP contribution in [0.5, 0.6) is 0 Å². The smallest absolute Gasteiger partial charge is 0.127 e. The largest absolute Gasteiger partial charge is 0.310 e. The Balaban J connectivity index is 1.99. The summed E-state index contributed by atoms with van der Waals surface area (Å²) in [6.07, 6.45) is 4.78. The molecule has 0 radical (unpaired) electrons. The van der Waals surface area contributed by atoms with E-state index in [1.54, 1.807) is 6.07 Å². The summed E-state index contributed by atoms with van der Waals surface area (Å²) >= 11 is 0. The zero-order chi connectivity index (χ0) is 14.5. The second-order valence-electron chi connectivity index (χ2n) is 5.97. The first-order chi connectivity index (χ1) is 9.63. The molecule has 0 bridgehead atoms. The molecule has 1 N–H and O–H groups in total. The van der Waals surface area contributed by atoms with Gasteiger partial charge in [0.25, 0.3) is 0 Å². The van der Waals surface area contributed by atoms with Crippen LogP contribution in [0.25, 0.3) is 0 Å². The van der Waals surface area contributed by atoms with Crippen LogP contribution >= 0.6 is 0 Å². The highest BCUT2D eigenvalue weighted by atomic mass is 19.1. The van der Waals surface area contributed by atoms with Crippen molar-refractivity contribution in [1.82, 2.24) is 10.2 Å². The predicted octanol–water partition coefficient (Wildman–Crippen LogP) is 3.70. The van der Waals surface area contributed by atoms with Gasteiger partial charge in [-0.2, -0.15) is 0 Å². The monoisotopic (exact) mass is 278 g/mol. The second kappa shape index (κ2) is 7.19. The van der Waals surface area contributed by atoms with Gasteiger partial charge in [0.05, 0.1) is 0 Å². The molecule has 0 amide bonds. The van der Waals surface area contributed by atoms with Crippen molar-refractivity contribution in [3.05, 3.63) is 35.1 Å². The molecule has 20 heavy (non-hydrogen) atoms. The molecule has 1 fully saturated rings. The minimum Gasteiger partial charge on any atom is -0.310 e. The van der Waals surface area contributed by atoms with Crippen molar-refractivity contribution in [2.75, 3.05) is 7.05 Å². The number of hydrogen-bond acceptors (Lipinski definition) is 2. The van der Waals surface area contributed by atoms with Gasteiger partial charge in [-0.25, -0.2) is 4.39 Å². The van der Waals surface area contributed by atoms with Crippen LogP contribution in [0.1, 0.15) is 50.7 Å². The summed E-state index contributed by atoms with van der Waals surface area (Å²) in [7, 11) is 2.09. The first-order valence-electron chi connectivity index (χ1n) is 7.85. The van der Waals surface area contributed by atoms with Crippen molar-refractivity contribution in [2.45, 2.75) is 64.7 Å². The average molecular weight is 278 g/mol. The van der Waals surface area contributed by atoms with Crippen molar-refractivity contribution in [3.63, 3.8) is 0 Å². The van der Waals surface area contributed by atoms with E-state index in [4.69, 9.17) is 0 Å². The zero-order valence-corrected chi connectivity index (χ0v) is 13.0. The lowest BCUT2D eigenvalue weighted by molar-refractivity contribution is 0.219. The maximum Gasteiger partial charge on any atom is 0.127 e. The van der Waals surface area contributed by atoms with Gasteiger partial charge in [0.2, 0.25) is 0 Å². The van der Waals surface area contributed by atoms with Crippen molar-refractivity contribution in [2.24, 2.45) is 0 Å². The number of benzene rings is 1. The normalized spacial score (nSPS) is 15.3. The Bertz CT molecular complexity index is 425. The third-order valence-electron chi connectivity index (χ3n) is 4.27. The highest BCUT2D eigenvalue weighted by Crippen LogP contribution is 2.20. The predicted molar refractivity (Wildman–Crippen MR) is 82.1 cm³/mol. The number of nitrogens with one attached hydrogen (secondary N) is 1. The number of rotatable bonds is 8. The van der Waals surface area contributed by atoms with E-state index in [1.807, 2.05) is 12.1 Å². The molecule has 1 aromatic carbocycles. The van der Waals surface area contributed by atoms with Gasteiger partial charge < -0.3 is 5.32 Å². The van der Waals surface area contributed by atoms with Crippen LogP contribution in [-0.4, -0.2) is 24.0 Å². The van der Waals surface area contributed by atoms with E-state index in [1.165, 1.54) is 18.4 Å².